The number of aliphatic hydroxyl groups excluding tert-OH is 1. The van der Waals surface area contributed by atoms with Crippen molar-refractivity contribution in [3.05, 3.63) is 11.3 Å². The molecule has 1 aliphatic heterocycles. The van der Waals surface area contributed by atoms with Crippen molar-refractivity contribution in [1.29, 1.82) is 0 Å². The van der Waals surface area contributed by atoms with Gasteiger partial charge in [0, 0.05) is 32.7 Å². The molecule has 1 aromatic rings. The zero-order valence-corrected chi connectivity index (χ0v) is 9.68. The largest absolute Gasteiger partial charge is 0.396 e. The molecule has 1 aromatic heterocycles. The van der Waals surface area contributed by atoms with E-state index >= 15 is 0 Å². The zero-order valence-electron chi connectivity index (χ0n) is 9.68. The Balaban J connectivity index is 2.30. The fourth-order valence-corrected chi connectivity index (χ4v) is 2.35. The highest BCUT2D eigenvalue weighted by Gasteiger charge is 2.26. The monoisotopic (exact) mass is 223 g/mol. The van der Waals surface area contributed by atoms with Crippen LogP contribution in [0.3, 0.4) is 0 Å². The third kappa shape index (κ3) is 1.71. The quantitative estimate of drug-likeness (QED) is 0.752. The summed E-state index contributed by atoms with van der Waals surface area (Å²) in [5.74, 6) is 1.19. The summed E-state index contributed by atoms with van der Waals surface area (Å²) in [6, 6.07) is 0. The van der Waals surface area contributed by atoms with E-state index in [0.29, 0.717) is 11.5 Å². The summed E-state index contributed by atoms with van der Waals surface area (Å²) in [5, 5.41) is 13.4. The molecular weight excluding hydrogens is 206 g/mol. The predicted molar refractivity (Wildman–Crippen MR) is 60.7 cm³/mol. The second kappa shape index (κ2) is 4.25. The molecule has 0 aliphatic carbocycles. The van der Waals surface area contributed by atoms with Crippen LogP contribution in [0.25, 0.3) is 0 Å². The maximum Gasteiger partial charge on any atom is 0.155 e. The van der Waals surface area contributed by atoms with Crippen LogP contribution in [0.4, 0.5) is 5.82 Å². The Kier molecular flexibility index (Phi) is 2.96. The molecule has 0 saturated carbocycles. The van der Waals surface area contributed by atoms with E-state index in [9.17, 15) is 4.79 Å². The van der Waals surface area contributed by atoms with Gasteiger partial charge in [-0.05, 0) is 13.3 Å². The summed E-state index contributed by atoms with van der Waals surface area (Å²) in [7, 11) is 1.85. The van der Waals surface area contributed by atoms with E-state index in [4.69, 9.17) is 5.11 Å². The minimum absolute atomic E-state index is 0.212. The summed E-state index contributed by atoms with van der Waals surface area (Å²) >= 11 is 0. The van der Waals surface area contributed by atoms with Gasteiger partial charge >= 0.3 is 0 Å². The lowest BCUT2D eigenvalue weighted by molar-refractivity contribution is 0.112. The molecule has 0 amide bonds. The third-order valence-electron chi connectivity index (χ3n) is 3.20. The van der Waals surface area contributed by atoms with Gasteiger partial charge < -0.3 is 10.0 Å². The van der Waals surface area contributed by atoms with Gasteiger partial charge in [0.1, 0.15) is 5.82 Å². The van der Waals surface area contributed by atoms with Gasteiger partial charge in [-0.2, -0.15) is 5.10 Å². The minimum atomic E-state index is 0.212. The first-order chi connectivity index (χ1) is 7.67. The molecule has 1 N–H and O–H groups in total. The van der Waals surface area contributed by atoms with Gasteiger partial charge in [0.15, 0.2) is 6.29 Å². The highest BCUT2D eigenvalue weighted by atomic mass is 16.3. The number of rotatable bonds is 3. The van der Waals surface area contributed by atoms with E-state index in [2.05, 4.69) is 10.00 Å². The van der Waals surface area contributed by atoms with Gasteiger partial charge in [0.2, 0.25) is 0 Å². The molecule has 1 saturated heterocycles. The molecule has 1 unspecified atom stereocenters. The highest BCUT2D eigenvalue weighted by Crippen LogP contribution is 2.27. The molecule has 2 rings (SSSR count). The van der Waals surface area contributed by atoms with E-state index in [0.717, 1.165) is 37.3 Å². The number of aldehydes is 1. The van der Waals surface area contributed by atoms with Crippen molar-refractivity contribution in [3.8, 4) is 0 Å². The highest BCUT2D eigenvalue weighted by molar-refractivity contribution is 5.84. The van der Waals surface area contributed by atoms with E-state index in [1.807, 2.05) is 14.0 Å². The second-order valence-electron chi connectivity index (χ2n) is 4.35. The standard InChI is InChI=1S/C11H17N3O2/c1-8-10(7-16)11(13(2)12-8)14-4-3-9(5-14)6-15/h7,9,15H,3-6H2,1-2H3. The fraction of sp³-hybridized carbons (Fsp3) is 0.636. The maximum absolute atomic E-state index is 11.0. The number of nitrogens with zero attached hydrogens (tertiary/aromatic N) is 3. The molecule has 88 valence electrons. The van der Waals surface area contributed by atoms with Crippen LogP contribution in [0.15, 0.2) is 0 Å². The second-order valence-corrected chi connectivity index (χ2v) is 4.35. The van der Waals surface area contributed by atoms with Gasteiger partial charge in [-0.1, -0.05) is 0 Å². The molecule has 16 heavy (non-hydrogen) atoms. The van der Waals surface area contributed by atoms with Crippen LogP contribution in [-0.4, -0.2) is 40.9 Å². The van der Waals surface area contributed by atoms with Gasteiger partial charge in [-0.3, -0.25) is 9.48 Å². The zero-order chi connectivity index (χ0) is 11.7. The number of hydrogen-bond donors (Lipinski definition) is 1. The van der Waals surface area contributed by atoms with Crippen LogP contribution in [0, 0.1) is 12.8 Å². The van der Waals surface area contributed by atoms with E-state index in [1.165, 1.54) is 0 Å². The number of aryl methyl sites for hydroxylation is 2. The number of aliphatic hydroxyl groups is 1. The summed E-state index contributed by atoms with van der Waals surface area (Å²) < 4.78 is 1.75. The molecule has 0 spiro atoms. The SMILES string of the molecule is Cc1nn(C)c(N2CCC(CO)C2)c1C=O. The number of aromatic nitrogens is 2. The van der Waals surface area contributed by atoms with Crippen LogP contribution < -0.4 is 4.90 Å². The van der Waals surface area contributed by atoms with Gasteiger partial charge in [-0.25, -0.2) is 0 Å². The Morgan fingerprint density at radius 3 is 2.94 bits per heavy atom. The Morgan fingerprint density at radius 2 is 2.38 bits per heavy atom. The van der Waals surface area contributed by atoms with Crippen molar-refractivity contribution in [2.24, 2.45) is 13.0 Å². The Labute approximate surface area is 94.7 Å². The summed E-state index contributed by atoms with van der Waals surface area (Å²) in [6.45, 7) is 3.73. The summed E-state index contributed by atoms with van der Waals surface area (Å²) in [5.41, 5.74) is 1.43. The molecular formula is C11H17N3O2. The lowest BCUT2D eigenvalue weighted by atomic mass is 10.1. The number of carbonyl (C=O) groups is 1. The van der Waals surface area contributed by atoms with Crippen molar-refractivity contribution in [2.45, 2.75) is 13.3 Å². The van der Waals surface area contributed by atoms with Gasteiger partial charge in [0.05, 0.1) is 11.3 Å². The Bertz CT molecular complexity index is 400. The molecule has 1 atom stereocenters. The van der Waals surface area contributed by atoms with Crippen molar-refractivity contribution in [3.63, 3.8) is 0 Å². The van der Waals surface area contributed by atoms with Gasteiger partial charge in [-0.15, -0.1) is 0 Å². The molecule has 0 bridgehead atoms. The van der Waals surface area contributed by atoms with Crippen LogP contribution in [0.5, 0.6) is 0 Å². The van der Waals surface area contributed by atoms with Crippen LogP contribution in [0.2, 0.25) is 0 Å². The number of anilines is 1. The van der Waals surface area contributed by atoms with Crippen molar-refractivity contribution in [1.82, 2.24) is 9.78 Å². The number of hydrogen-bond acceptors (Lipinski definition) is 4. The summed E-state index contributed by atoms with van der Waals surface area (Å²) in [4.78, 5) is 13.2. The lowest BCUT2D eigenvalue weighted by Gasteiger charge is -2.18. The van der Waals surface area contributed by atoms with E-state index < -0.39 is 0 Å². The number of carbonyl (C=O) groups excluding carboxylic acids is 1. The van der Waals surface area contributed by atoms with Crippen molar-refractivity contribution in [2.75, 3.05) is 24.6 Å². The fourth-order valence-electron chi connectivity index (χ4n) is 2.35. The van der Waals surface area contributed by atoms with E-state index in [1.54, 1.807) is 4.68 Å². The first-order valence-corrected chi connectivity index (χ1v) is 5.52. The topological polar surface area (TPSA) is 58.4 Å². The predicted octanol–water partition coefficient (Wildman–Crippen LogP) is 0.360. The van der Waals surface area contributed by atoms with Crippen LogP contribution in [-0.2, 0) is 7.05 Å². The minimum Gasteiger partial charge on any atom is -0.396 e. The van der Waals surface area contributed by atoms with Crippen molar-refractivity contribution < 1.29 is 9.90 Å². The molecule has 2 heterocycles. The molecule has 0 radical (unpaired) electrons. The molecule has 5 heteroatoms. The Hall–Kier alpha value is -1.36. The van der Waals surface area contributed by atoms with Crippen LogP contribution >= 0.6 is 0 Å². The van der Waals surface area contributed by atoms with Crippen molar-refractivity contribution >= 4 is 12.1 Å². The summed E-state index contributed by atoms with van der Waals surface area (Å²) in [6.07, 6.45) is 1.84. The smallest absolute Gasteiger partial charge is 0.155 e. The average molecular weight is 223 g/mol. The third-order valence-corrected chi connectivity index (χ3v) is 3.20. The first kappa shape index (κ1) is 11.1. The average Bonchev–Trinajstić information content (AvgIpc) is 2.82. The van der Waals surface area contributed by atoms with Gasteiger partial charge in [0.25, 0.3) is 0 Å². The molecule has 1 aliphatic rings. The Morgan fingerprint density at radius 1 is 1.62 bits per heavy atom. The first-order valence-electron chi connectivity index (χ1n) is 5.52. The van der Waals surface area contributed by atoms with E-state index in [-0.39, 0.29) is 6.61 Å². The van der Waals surface area contributed by atoms with Crippen LogP contribution in [0.1, 0.15) is 22.5 Å². The normalized spacial score (nSPS) is 20.4. The lowest BCUT2D eigenvalue weighted by Crippen LogP contribution is -2.24. The maximum atomic E-state index is 11.0. The molecule has 1 fully saturated rings. The molecule has 5 nitrogen and oxygen atoms in total. The molecule has 0 aromatic carbocycles.